The van der Waals surface area contributed by atoms with Gasteiger partial charge < -0.3 is 5.32 Å². The molecule has 2 aromatic rings. The van der Waals surface area contributed by atoms with Gasteiger partial charge in [0.05, 0.1) is 16.8 Å². The van der Waals surface area contributed by atoms with Crippen molar-refractivity contribution in [2.45, 2.75) is 25.3 Å². The van der Waals surface area contributed by atoms with Gasteiger partial charge in [0.2, 0.25) is 5.91 Å². The number of aromatic nitrogens is 1. The Bertz CT molecular complexity index is 687. The van der Waals surface area contributed by atoms with Crippen LogP contribution in [0.25, 0.3) is 0 Å². The number of benzene rings is 1. The summed E-state index contributed by atoms with van der Waals surface area (Å²) in [7, 11) is 0. The molecule has 1 fully saturated rings. The smallest absolute Gasteiger partial charge is 0.223 e. The van der Waals surface area contributed by atoms with E-state index in [1.54, 1.807) is 12.3 Å². The van der Waals surface area contributed by atoms with Crippen molar-refractivity contribution in [3.8, 4) is 0 Å². The van der Waals surface area contributed by atoms with Crippen LogP contribution in [0.1, 0.15) is 36.6 Å². The van der Waals surface area contributed by atoms with Gasteiger partial charge in [-0.3, -0.25) is 9.78 Å². The molecule has 2 heterocycles. The second kappa shape index (κ2) is 6.27. The molecule has 1 saturated heterocycles. The van der Waals surface area contributed by atoms with Crippen LogP contribution >= 0.6 is 23.2 Å². The second-order valence-electron chi connectivity index (χ2n) is 5.69. The lowest BCUT2D eigenvalue weighted by molar-refractivity contribution is -0.127. The molecule has 3 unspecified atom stereocenters. The average Bonchev–Trinajstić information content (AvgIpc) is 2.50. The number of pyridine rings is 1. The lowest BCUT2D eigenvalue weighted by atomic mass is 9.79. The molecular formula is C17H16Cl2N2O. The van der Waals surface area contributed by atoms with Crippen molar-refractivity contribution in [2.24, 2.45) is 5.92 Å². The van der Waals surface area contributed by atoms with Crippen LogP contribution in [-0.4, -0.2) is 10.9 Å². The van der Waals surface area contributed by atoms with Crippen molar-refractivity contribution in [2.75, 3.05) is 0 Å². The predicted octanol–water partition coefficient (Wildman–Crippen LogP) is 4.37. The van der Waals surface area contributed by atoms with Gasteiger partial charge in [0.25, 0.3) is 0 Å². The first-order valence-corrected chi connectivity index (χ1v) is 7.97. The number of carbonyl (C=O) groups is 1. The third kappa shape index (κ3) is 3.11. The molecule has 0 spiro atoms. The molecule has 0 saturated carbocycles. The summed E-state index contributed by atoms with van der Waals surface area (Å²) < 4.78 is 0. The fraction of sp³-hybridized carbons (Fsp3) is 0.294. The molecule has 0 aliphatic carbocycles. The molecule has 1 aliphatic heterocycles. The Morgan fingerprint density at radius 1 is 1.18 bits per heavy atom. The summed E-state index contributed by atoms with van der Waals surface area (Å²) >= 11 is 12.0. The lowest BCUT2D eigenvalue weighted by Crippen LogP contribution is -2.42. The zero-order chi connectivity index (χ0) is 15.7. The zero-order valence-corrected chi connectivity index (χ0v) is 13.6. The van der Waals surface area contributed by atoms with E-state index < -0.39 is 0 Å². The van der Waals surface area contributed by atoms with E-state index in [-0.39, 0.29) is 23.8 Å². The van der Waals surface area contributed by atoms with E-state index in [0.717, 1.165) is 17.7 Å². The molecule has 1 amide bonds. The van der Waals surface area contributed by atoms with E-state index in [2.05, 4.69) is 10.3 Å². The average molecular weight is 335 g/mol. The highest BCUT2D eigenvalue weighted by Gasteiger charge is 2.35. The molecule has 3 rings (SSSR count). The maximum absolute atomic E-state index is 12.1. The van der Waals surface area contributed by atoms with E-state index in [4.69, 9.17) is 23.2 Å². The molecule has 0 radical (unpaired) electrons. The summed E-state index contributed by atoms with van der Waals surface area (Å²) in [6.07, 6.45) is 2.37. The van der Waals surface area contributed by atoms with Crippen molar-refractivity contribution >= 4 is 29.1 Å². The van der Waals surface area contributed by atoms with E-state index in [9.17, 15) is 4.79 Å². The summed E-state index contributed by atoms with van der Waals surface area (Å²) in [6.45, 7) is 1.94. The van der Waals surface area contributed by atoms with Gasteiger partial charge in [0, 0.05) is 23.1 Å². The largest absolute Gasteiger partial charge is 0.347 e. The molecule has 0 bridgehead atoms. The first-order valence-electron chi connectivity index (χ1n) is 7.22. The zero-order valence-electron chi connectivity index (χ0n) is 12.1. The van der Waals surface area contributed by atoms with Crippen LogP contribution in [0.15, 0.2) is 42.6 Å². The number of nitrogens with one attached hydrogen (secondary N) is 1. The Morgan fingerprint density at radius 2 is 2.00 bits per heavy atom. The molecule has 5 heteroatoms. The van der Waals surface area contributed by atoms with Crippen molar-refractivity contribution in [1.82, 2.24) is 10.3 Å². The van der Waals surface area contributed by atoms with Crippen LogP contribution in [-0.2, 0) is 4.79 Å². The molecule has 22 heavy (non-hydrogen) atoms. The number of piperidine rings is 1. The molecule has 1 aliphatic rings. The summed E-state index contributed by atoms with van der Waals surface area (Å²) in [6, 6.07) is 11.3. The Kier molecular flexibility index (Phi) is 4.37. The Balaban J connectivity index is 1.99. The normalized spacial score (nSPS) is 24.9. The summed E-state index contributed by atoms with van der Waals surface area (Å²) in [5.41, 5.74) is 1.93. The van der Waals surface area contributed by atoms with Gasteiger partial charge >= 0.3 is 0 Å². The molecule has 3 atom stereocenters. The van der Waals surface area contributed by atoms with Crippen molar-refractivity contribution in [3.05, 3.63) is 63.9 Å². The highest BCUT2D eigenvalue weighted by Crippen LogP contribution is 2.39. The van der Waals surface area contributed by atoms with E-state index in [1.807, 2.05) is 37.3 Å². The number of hydrogen-bond donors (Lipinski definition) is 1. The van der Waals surface area contributed by atoms with Gasteiger partial charge in [-0.15, -0.1) is 0 Å². The summed E-state index contributed by atoms with van der Waals surface area (Å²) in [4.78, 5) is 16.5. The Morgan fingerprint density at radius 3 is 2.68 bits per heavy atom. The minimum Gasteiger partial charge on any atom is -0.347 e. The number of nitrogens with zero attached hydrogens (tertiary/aromatic N) is 1. The highest BCUT2D eigenvalue weighted by atomic mass is 35.5. The highest BCUT2D eigenvalue weighted by molar-refractivity contribution is 6.30. The quantitative estimate of drug-likeness (QED) is 0.885. The number of rotatable bonds is 2. The fourth-order valence-electron chi connectivity index (χ4n) is 2.94. The van der Waals surface area contributed by atoms with Crippen LogP contribution in [0.5, 0.6) is 0 Å². The fourth-order valence-corrected chi connectivity index (χ4v) is 3.25. The first kappa shape index (κ1) is 15.3. The van der Waals surface area contributed by atoms with Crippen molar-refractivity contribution in [1.29, 1.82) is 0 Å². The van der Waals surface area contributed by atoms with Crippen molar-refractivity contribution in [3.63, 3.8) is 0 Å². The van der Waals surface area contributed by atoms with Gasteiger partial charge in [-0.25, -0.2) is 0 Å². The van der Waals surface area contributed by atoms with E-state index in [0.29, 0.717) is 10.0 Å². The Labute approximate surface area is 139 Å². The number of carbonyl (C=O) groups excluding carboxylic acids is 1. The topological polar surface area (TPSA) is 42.0 Å². The molecule has 1 N–H and O–H groups in total. The SMILES string of the molecule is CC1CC(c2cccc(Cl)c2)C(c2ccc(Cl)cn2)NC1=O. The van der Waals surface area contributed by atoms with Gasteiger partial charge in [-0.2, -0.15) is 0 Å². The molecule has 1 aromatic carbocycles. The minimum atomic E-state index is -0.167. The maximum Gasteiger partial charge on any atom is 0.223 e. The van der Waals surface area contributed by atoms with Crippen LogP contribution < -0.4 is 5.32 Å². The molecule has 114 valence electrons. The molecular weight excluding hydrogens is 319 g/mol. The first-order chi connectivity index (χ1) is 10.5. The van der Waals surface area contributed by atoms with Crippen molar-refractivity contribution < 1.29 is 4.79 Å². The van der Waals surface area contributed by atoms with E-state index >= 15 is 0 Å². The number of hydrogen-bond acceptors (Lipinski definition) is 2. The minimum absolute atomic E-state index is 0.0347. The number of amides is 1. The predicted molar refractivity (Wildman–Crippen MR) is 88.1 cm³/mol. The summed E-state index contributed by atoms with van der Waals surface area (Å²) in [5.74, 6) is 0.160. The van der Waals surface area contributed by atoms with Crippen LogP contribution in [0.4, 0.5) is 0 Å². The third-order valence-corrected chi connectivity index (χ3v) is 4.56. The van der Waals surface area contributed by atoms with Gasteiger partial charge in [-0.05, 0) is 36.2 Å². The van der Waals surface area contributed by atoms with Gasteiger partial charge in [0.15, 0.2) is 0 Å². The standard InChI is InChI=1S/C17H16Cl2N2O/c1-10-7-14(11-3-2-4-12(18)8-11)16(21-17(10)22)15-6-5-13(19)9-20-15/h2-6,8-10,14,16H,7H2,1H3,(H,21,22). The van der Waals surface area contributed by atoms with Crippen LogP contribution in [0.2, 0.25) is 10.0 Å². The molecule has 3 nitrogen and oxygen atoms in total. The number of halogens is 2. The third-order valence-electron chi connectivity index (χ3n) is 4.10. The maximum atomic E-state index is 12.1. The van der Waals surface area contributed by atoms with Gasteiger partial charge in [0.1, 0.15) is 0 Å². The summed E-state index contributed by atoms with van der Waals surface area (Å²) in [5, 5.41) is 4.36. The van der Waals surface area contributed by atoms with E-state index in [1.165, 1.54) is 0 Å². The van der Waals surface area contributed by atoms with Gasteiger partial charge in [-0.1, -0.05) is 42.3 Å². The van der Waals surface area contributed by atoms with Crippen LogP contribution in [0, 0.1) is 5.92 Å². The molecule has 1 aromatic heterocycles. The lowest BCUT2D eigenvalue weighted by Gasteiger charge is -2.35. The van der Waals surface area contributed by atoms with Crippen LogP contribution in [0.3, 0.4) is 0 Å². The monoisotopic (exact) mass is 334 g/mol. The Hall–Kier alpha value is -1.58. The second-order valence-corrected chi connectivity index (χ2v) is 6.56.